The maximum atomic E-state index is 13.3. The predicted octanol–water partition coefficient (Wildman–Crippen LogP) is 5.11. The fourth-order valence-electron chi connectivity index (χ4n) is 8.72. The fourth-order valence-corrected chi connectivity index (χ4v) is 8.72. The van der Waals surface area contributed by atoms with E-state index in [-0.39, 0.29) is 35.2 Å². The van der Waals surface area contributed by atoms with E-state index in [1.165, 1.54) is 5.57 Å². The molecule has 0 saturated heterocycles. The lowest BCUT2D eigenvalue weighted by molar-refractivity contribution is -0.217. The molecule has 0 spiro atoms. The molecule has 6 unspecified atom stereocenters. The molecule has 4 saturated carbocycles. The van der Waals surface area contributed by atoms with Gasteiger partial charge in [0, 0.05) is 24.7 Å². The van der Waals surface area contributed by atoms with Crippen molar-refractivity contribution in [1.29, 1.82) is 0 Å². The first-order valence-electron chi connectivity index (χ1n) is 13.0. The molecule has 2 N–H and O–H groups in total. The van der Waals surface area contributed by atoms with Crippen molar-refractivity contribution in [3.63, 3.8) is 0 Å². The molecule has 4 heteroatoms. The summed E-state index contributed by atoms with van der Waals surface area (Å²) in [5, 5.41) is 23.1. The number of Topliss-reactive ketones (excluding diaryl/α,β-unsaturated/α-hetero) is 2. The molecule has 10 atom stereocenters. The van der Waals surface area contributed by atoms with Crippen LogP contribution in [0.15, 0.2) is 12.2 Å². The third kappa shape index (κ3) is 3.30. The average Bonchev–Trinajstić information content (AvgIpc) is 3.08. The molecule has 4 fully saturated rings. The molecule has 0 aromatic carbocycles. The van der Waals surface area contributed by atoms with Gasteiger partial charge >= 0.3 is 0 Å². The summed E-state index contributed by atoms with van der Waals surface area (Å²) >= 11 is 0. The number of aliphatic hydroxyl groups excluding tert-OH is 1. The quantitative estimate of drug-likeness (QED) is 0.578. The summed E-state index contributed by atoms with van der Waals surface area (Å²) in [6.07, 6.45) is 5.98. The molecule has 0 aromatic heterocycles. The Morgan fingerprint density at radius 3 is 2.50 bits per heavy atom. The van der Waals surface area contributed by atoms with Gasteiger partial charge in [-0.2, -0.15) is 0 Å². The van der Waals surface area contributed by atoms with Gasteiger partial charge in [0.25, 0.3) is 0 Å². The van der Waals surface area contributed by atoms with Crippen LogP contribution in [0.3, 0.4) is 0 Å². The van der Waals surface area contributed by atoms with Crippen LogP contribution in [0.5, 0.6) is 0 Å². The number of fused-ring (bicyclic) bond motifs is 5. The standard InChI is InChI=1S/C28H44O4/c1-16(2)17(3)7-8-18(4)21-9-10-22-20-13-25(31)28(32)15-19(29)11-12-26(28,5)23(20)14-24(30)27(21,22)6/h17-18,20-24,30,32H,1,7-15H2,2-6H3/t17-,18+,20?,21+,22?,23?,24+,26?,27?,28?/m0/s1. The molecule has 32 heavy (non-hydrogen) atoms. The summed E-state index contributed by atoms with van der Waals surface area (Å²) in [7, 11) is 0. The van der Waals surface area contributed by atoms with Crippen LogP contribution >= 0.6 is 0 Å². The molecule has 0 heterocycles. The second kappa shape index (κ2) is 8.05. The number of ketones is 2. The molecule has 0 amide bonds. The lowest BCUT2D eigenvalue weighted by Crippen LogP contribution is -2.68. The zero-order valence-corrected chi connectivity index (χ0v) is 20.8. The van der Waals surface area contributed by atoms with Gasteiger partial charge in [-0.3, -0.25) is 9.59 Å². The number of allylic oxidation sites excluding steroid dienone is 1. The van der Waals surface area contributed by atoms with Crippen LogP contribution < -0.4 is 0 Å². The highest BCUT2D eigenvalue weighted by molar-refractivity contribution is 5.96. The van der Waals surface area contributed by atoms with Crippen molar-refractivity contribution >= 4 is 11.6 Å². The highest BCUT2D eigenvalue weighted by Gasteiger charge is 2.69. The first-order valence-corrected chi connectivity index (χ1v) is 13.0. The molecule has 4 aliphatic carbocycles. The Bertz CT molecular complexity index is 803. The van der Waals surface area contributed by atoms with Crippen LogP contribution in [-0.2, 0) is 9.59 Å². The average molecular weight is 445 g/mol. The molecule has 4 aliphatic rings. The summed E-state index contributed by atoms with van der Waals surface area (Å²) in [5.41, 5.74) is -1.09. The molecular formula is C28H44O4. The molecular weight excluding hydrogens is 400 g/mol. The van der Waals surface area contributed by atoms with E-state index >= 15 is 0 Å². The topological polar surface area (TPSA) is 74.6 Å². The van der Waals surface area contributed by atoms with E-state index in [1.807, 2.05) is 6.92 Å². The van der Waals surface area contributed by atoms with Gasteiger partial charge in [-0.25, -0.2) is 0 Å². The molecule has 0 aromatic rings. The summed E-state index contributed by atoms with van der Waals surface area (Å²) in [4.78, 5) is 25.5. The van der Waals surface area contributed by atoms with Crippen LogP contribution in [0.25, 0.3) is 0 Å². The van der Waals surface area contributed by atoms with Crippen molar-refractivity contribution in [1.82, 2.24) is 0 Å². The Kier molecular flexibility index (Phi) is 6.07. The number of carbonyl (C=O) groups is 2. The summed E-state index contributed by atoms with van der Waals surface area (Å²) in [6, 6.07) is 0. The SMILES string of the molecule is C=C(C)[C@@H](C)CC[C@@H](C)[C@H]1CCC2C3CC(=O)C4(O)CC(=O)CCC4(C)C3C[C@@H](O)C21C. The van der Waals surface area contributed by atoms with Crippen LogP contribution in [0.4, 0.5) is 0 Å². The minimum absolute atomic E-state index is 0.00304. The summed E-state index contributed by atoms with van der Waals surface area (Å²) < 4.78 is 0. The zero-order valence-electron chi connectivity index (χ0n) is 20.8. The number of aliphatic hydroxyl groups is 2. The second-order valence-electron chi connectivity index (χ2n) is 12.6. The molecule has 0 radical (unpaired) electrons. The van der Waals surface area contributed by atoms with E-state index in [0.29, 0.717) is 49.4 Å². The van der Waals surface area contributed by atoms with Crippen LogP contribution in [0, 0.1) is 46.3 Å². The molecule has 0 aliphatic heterocycles. The molecule has 4 rings (SSSR count). The third-order valence-corrected chi connectivity index (χ3v) is 11.2. The minimum atomic E-state index is -1.54. The van der Waals surface area contributed by atoms with Crippen molar-refractivity contribution in [2.75, 3.05) is 0 Å². The van der Waals surface area contributed by atoms with Gasteiger partial charge in [0.1, 0.15) is 11.4 Å². The molecule has 4 nitrogen and oxygen atoms in total. The van der Waals surface area contributed by atoms with Gasteiger partial charge in [-0.15, -0.1) is 0 Å². The lowest BCUT2D eigenvalue weighted by atomic mass is 9.42. The first kappa shape index (κ1) is 24.1. The third-order valence-electron chi connectivity index (χ3n) is 11.2. The summed E-state index contributed by atoms with van der Waals surface area (Å²) in [6.45, 7) is 15.1. The van der Waals surface area contributed by atoms with E-state index in [4.69, 9.17) is 0 Å². The van der Waals surface area contributed by atoms with Gasteiger partial charge in [-0.05, 0) is 86.4 Å². The second-order valence-corrected chi connectivity index (χ2v) is 12.6. The van der Waals surface area contributed by atoms with Gasteiger partial charge in [0.15, 0.2) is 5.78 Å². The van der Waals surface area contributed by atoms with Gasteiger partial charge < -0.3 is 10.2 Å². The number of hydrogen-bond acceptors (Lipinski definition) is 4. The number of hydrogen-bond donors (Lipinski definition) is 2. The molecule has 0 bridgehead atoms. The highest BCUT2D eigenvalue weighted by Crippen LogP contribution is 2.68. The van der Waals surface area contributed by atoms with E-state index in [0.717, 1.165) is 25.7 Å². The Balaban J connectivity index is 1.59. The van der Waals surface area contributed by atoms with Crippen LogP contribution in [-0.4, -0.2) is 33.5 Å². The fraction of sp³-hybridized carbons (Fsp3) is 0.857. The van der Waals surface area contributed by atoms with Gasteiger partial charge in [0.05, 0.1) is 6.10 Å². The minimum Gasteiger partial charge on any atom is -0.393 e. The zero-order chi connectivity index (χ0) is 23.6. The van der Waals surface area contributed by atoms with Crippen molar-refractivity contribution in [3.05, 3.63) is 12.2 Å². The van der Waals surface area contributed by atoms with Gasteiger partial charge in [-0.1, -0.05) is 39.8 Å². The Morgan fingerprint density at radius 2 is 1.84 bits per heavy atom. The first-order chi connectivity index (χ1) is 14.9. The van der Waals surface area contributed by atoms with E-state index in [2.05, 4.69) is 34.3 Å². The number of carbonyl (C=O) groups excluding carboxylic acids is 2. The largest absolute Gasteiger partial charge is 0.393 e. The van der Waals surface area contributed by atoms with Crippen LogP contribution in [0.2, 0.25) is 0 Å². The van der Waals surface area contributed by atoms with E-state index in [1.54, 1.807) is 0 Å². The van der Waals surface area contributed by atoms with Crippen molar-refractivity contribution < 1.29 is 19.8 Å². The van der Waals surface area contributed by atoms with Crippen molar-refractivity contribution in [3.8, 4) is 0 Å². The Labute approximate surface area is 194 Å². The van der Waals surface area contributed by atoms with Crippen molar-refractivity contribution in [2.24, 2.45) is 46.3 Å². The monoisotopic (exact) mass is 444 g/mol. The Hall–Kier alpha value is -1.00. The summed E-state index contributed by atoms with van der Waals surface area (Å²) in [5.74, 6) is 1.99. The Morgan fingerprint density at radius 1 is 1.16 bits per heavy atom. The number of rotatable bonds is 5. The lowest BCUT2D eigenvalue weighted by Gasteiger charge is -2.63. The maximum Gasteiger partial charge on any atom is 0.165 e. The predicted molar refractivity (Wildman–Crippen MR) is 126 cm³/mol. The van der Waals surface area contributed by atoms with Gasteiger partial charge in [0.2, 0.25) is 0 Å². The van der Waals surface area contributed by atoms with Crippen LogP contribution in [0.1, 0.15) is 92.4 Å². The van der Waals surface area contributed by atoms with E-state index in [9.17, 15) is 19.8 Å². The smallest absolute Gasteiger partial charge is 0.165 e. The molecule has 180 valence electrons. The normalized spacial score (nSPS) is 47.9. The van der Waals surface area contributed by atoms with Crippen molar-refractivity contribution in [2.45, 2.75) is 104 Å². The maximum absolute atomic E-state index is 13.3. The highest BCUT2D eigenvalue weighted by atomic mass is 16.3. The van der Waals surface area contributed by atoms with E-state index < -0.39 is 17.1 Å².